The number of fused-ring (bicyclic) bond motifs is 1. The zero-order chi connectivity index (χ0) is 15.9. The molecule has 118 valence electrons. The van der Waals surface area contributed by atoms with Crippen LogP contribution in [0.2, 0.25) is 0 Å². The minimum atomic E-state index is -0.299. The lowest BCUT2D eigenvalue weighted by atomic mass is 10.2. The van der Waals surface area contributed by atoms with Gasteiger partial charge in [0.05, 0.1) is 45.7 Å². The molecule has 7 heteroatoms. The van der Waals surface area contributed by atoms with Gasteiger partial charge in [-0.15, -0.1) is 11.3 Å². The number of rotatable bonds is 2. The number of likely N-dealkylation sites (N-methyl/N-ethyl adjacent to an activating group) is 1. The number of ether oxygens (including phenoxy) is 1. The van der Waals surface area contributed by atoms with Crippen molar-refractivity contribution in [2.24, 2.45) is 0 Å². The van der Waals surface area contributed by atoms with E-state index in [2.05, 4.69) is 21.9 Å². The highest BCUT2D eigenvalue weighted by Gasteiger charge is 2.25. The average Bonchev–Trinajstić information content (AvgIpc) is 2.83. The van der Waals surface area contributed by atoms with E-state index in [9.17, 15) is 4.79 Å². The Balaban J connectivity index is 2.13. The molecule has 1 aliphatic heterocycles. The van der Waals surface area contributed by atoms with E-state index in [-0.39, 0.29) is 5.97 Å². The Hall–Kier alpha value is -1.73. The number of piperazine rings is 1. The molecule has 0 unspecified atom stereocenters. The Morgan fingerprint density at radius 1 is 1.27 bits per heavy atom. The predicted octanol–water partition coefficient (Wildman–Crippen LogP) is 0.429. The standard InChI is InChI=1S/C15H20N4O2S/c1-9-11-13(19-7-5-18(3)6-8-19)16-10(2)17-14(11)22-12(9)15(20)21-4/h5-8H2,1-4H3/p+1. The number of hydrogen-bond acceptors (Lipinski definition) is 6. The summed E-state index contributed by atoms with van der Waals surface area (Å²) in [5, 5.41) is 0.996. The summed E-state index contributed by atoms with van der Waals surface area (Å²) in [6.45, 7) is 7.99. The lowest BCUT2D eigenvalue weighted by molar-refractivity contribution is -0.880. The molecule has 3 heterocycles. The van der Waals surface area contributed by atoms with Crippen molar-refractivity contribution in [3.63, 3.8) is 0 Å². The molecule has 0 aromatic carbocycles. The van der Waals surface area contributed by atoms with Gasteiger partial charge in [-0.25, -0.2) is 14.8 Å². The zero-order valence-corrected chi connectivity index (χ0v) is 14.2. The Bertz CT molecular complexity index is 720. The van der Waals surface area contributed by atoms with Gasteiger partial charge < -0.3 is 14.5 Å². The van der Waals surface area contributed by atoms with E-state index in [1.807, 2.05) is 13.8 Å². The number of carbonyl (C=O) groups is 1. The SMILES string of the molecule is COC(=O)c1sc2nc(C)nc(N3CC[NH+](C)CC3)c2c1C. The lowest BCUT2D eigenvalue weighted by Gasteiger charge is -2.31. The van der Waals surface area contributed by atoms with Crippen molar-refractivity contribution >= 4 is 33.3 Å². The van der Waals surface area contributed by atoms with E-state index in [1.54, 1.807) is 0 Å². The largest absolute Gasteiger partial charge is 0.465 e. The van der Waals surface area contributed by atoms with Gasteiger partial charge in [0.15, 0.2) is 0 Å². The lowest BCUT2D eigenvalue weighted by Crippen LogP contribution is -3.12. The molecule has 0 spiro atoms. The van der Waals surface area contributed by atoms with Gasteiger partial charge in [0, 0.05) is 0 Å². The number of aryl methyl sites for hydroxylation is 2. The van der Waals surface area contributed by atoms with Gasteiger partial charge in [-0.1, -0.05) is 0 Å². The summed E-state index contributed by atoms with van der Waals surface area (Å²) in [4.78, 5) is 26.5. The van der Waals surface area contributed by atoms with Crippen LogP contribution in [0.3, 0.4) is 0 Å². The van der Waals surface area contributed by atoms with Crippen molar-refractivity contribution in [2.45, 2.75) is 13.8 Å². The van der Waals surface area contributed by atoms with Crippen molar-refractivity contribution in [3.8, 4) is 0 Å². The van der Waals surface area contributed by atoms with Crippen LogP contribution in [0.1, 0.15) is 21.1 Å². The molecule has 1 fully saturated rings. The van der Waals surface area contributed by atoms with E-state index in [0.717, 1.165) is 53.6 Å². The molecule has 22 heavy (non-hydrogen) atoms. The topological polar surface area (TPSA) is 59.8 Å². The van der Waals surface area contributed by atoms with Crippen LogP contribution in [-0.2, 0) is 4.74 Å². The molecule has 0 saturated carbocycles. The van der Waals surface area contributed by atoms with Gasteiger partial charge in [0.1, 0.15) is 21.3 Å². The maximum Gasteiger partial charge on any atom is 0.348 e. The second-order valence-electron chi connectivity index (χ2n) is 5.77. The highest BCUT2D eigenvalue weighted by molar-refractivity contribution is 7.20. The monoisotopic (exact) mass is 321 g/mol. The molecule has 1 saturated heterocycles. The van der Waals surface area contributed by atoms with Gasteiger partial charge in [-0.3, -0.25) is 0 Å². The van der Waals surface area contributed by atoms with Gasteiger partial charge in [0.2, 0.25) is 0 Å². The minimum absolute atomic E-state index is 0.299. The number of esters is 1. The number of quaternary nitrogens is 1. The van der Waals surface area contributed by atoms with E-state index in [1.165, 1.54) is 23.3 Å². The van der Waals surface area contributed by atoms with Gasteiger partial charge in [0.25, 0.3) is 0 Å². The highest BCUT2D eigenvalue weighted by atomic mass is 32.1. The van der Waals surface area contributed by atoms with Crippen LogP contribution in [0.4, 0.5) is 5.82 Å². The molecule has 6 nitrogen and oxygen atoms in total. The van der Waals surface area contributed by atoms with E-state index in [4.69, 9.17) is 4.74 Å². The number of methoxy groups -OCH3 is 1. The number of nitrogens with one attached hydrogen (secondary N) is 1. The first-order chi connectivity index (χ1) is 10.5. The average molecular weight is 321 g/mol. The Morgan fingerprint density at radius 2 is 1.95 bits per heavy atom. The normalized spacial score (nSPS) is 16.3. The summed E-state index contributed by atoms with van der Waals surface area (Å²) < 4.78 is 4.88. The molecule has 0 bridgehead atoms. The Labute approximate surface area is 133 Å². The molecule has 2 aromatic rings. The fourth-order valence-corrected chi connectivity index (χ4v) is 3.98. The number of thiophene rings is 1. The minimum Gasteiger partial charge on any atom is -0.465 e. The molecule has 0 amide bonds. The van der Waals surface area contributed by atoms with Crippen LogP contribution in [0.25, 0.3) is 10.2 Å². The number of anilines is 1. The quantitative estimate of drug-likeness (QED) is 0.813. The fourth-order valence-electron chi connectivity index (χ4n) is 2.84. The maximum atomic E-state index is 11.9. The van der Waals surface area contributed by atoms with Gasteiger partial charge in [-0.2, -0.15) is 0 Å². The van der Waals surface area contributed by atoms with Crippen LogP contribution in [0.15, 0.2) is 0 Å². The summed E-state index contributed by atoms with van der Waals surface area (Å²) in [7, 11) is 3.62. The second-order valence-corrected chi connectivity index (χ2v) is 6.77. The van der Waals surface area contributed by atoms with E-state index >= 15 is 0 Å². The first-order valence-electron chi connectivity index (χ1n) is 7.43. The Kier molecular flexibility index (Phi) is 4.01. The number of nitrogens with zero attached hydrogens (tertiary/aromatic N) is 3. The number of carbonyl (C=O) groups excluding carboxylic acids is 1. The molecule has 0 aliphatic carbocycles. The summed E-state index contributed by atoms with van der Waals surface area (Å²) in [5.74, 6) is 1.40. The summed E-state index contributed by atoms with van der Waals surface area (Å²) in [5.41, 5.74) is 0.924. The molecule has 0 radical (unpaired) electrons. The zero-order valence-electron chi connectivity index (χ0n) is 13.4. The third-order valence-corrected chi connectivity index (χ3v) is 5.34. The van der Waals surface area contributed by atoms with Crippen molar-refractivity contribution in [1.82, 2.24) is 9.97 Å². The smallest absolute Gasteiger partial charge is 0.348 e. The third-order valence-electron chi connectivity index (χ3n) is 4.17. The Morgan fingerprint density at radius 3 is 2.59 bits per heavy atom. The molecule has 2 aromatic heterocycles. The third kappa shape index (κ3) is 2.55. The van der Waals surface area contributed by atoms with Crippen molar-refractivity contribution in [1.29, 1.82) is 0 Å². The first-order valence-corrected chi connectivity index (χ1v) is 8.25. The number of hydrogen-bond donors (Lipinski definition) is 1. The molecular weight excluding hydrogens is 300 g/mol. The van der Waals surface area contributed by atoms with Crippen molar-refractivity contribution in [2.75, 3.05) is 45.2 Å². The summed E-state index contributed by atoms with van der Waals surface area (Å²) in [6, 6.07) is 0. The maximum absolute atomic E-state index is 11.9. The van der Waals surface area contributed by atoms with Gasteiger partial charge in [-0.05, 0) is 19.4 Å². The molecule has 1 aliphatic rings. The number of aromatic nitrogens is 2. The van der Waals surface area contributed by atoms with Crippen molar-refractivity contribution < 1.29 is 14.4 Å². The predicted molar refractivity (Wildman–Crippen MR) is 87.1 cm³/mol. The second kappa shape index (κ2) is 5.81. The first kappa shape index (κ1) is 15.2. The van der Waals surface area contributed by atoms with Crippen molar-refractivity contribution in [3.05, 3.63) is 16.3 Å². The summed E-state index contributed by atoms with van der Waals surface area (Å²) >= 11 is 1.39. The highest BCUT2D eigenvalue weighted by Crippen LogP contribution is 2.35. The van der Waals surface area contributed by atoms with Gasteiger partial charge >= 0.3 is 5.97 Å². The molecular formula is C15H21N4O2S+. The van der Waals surface area contributed by atoms with Crippen LogP contribution in [-0.4, -0.2) is 56.3 Å². The van der Waals surface area contributed by atoms with Crippen LogP contribution < -0.4 is 9.80 Å². The van der Waals surface area contributed by atoms with Crippen LogP contribution >= 0.6 is 11.3 Å². The molecule has 0 atom stereocenters. The fraction of sp³-hybridized carbons (Fsp3) is 0.533. The van der Waals surface area contributed by atoms with E-state index < -0.39 is 0 Å². The van der Waals surface area contributed by atoms with E-state index in [0.29, 0.717) is 4.88 Å². The van der Waals surface area contributed by atoms with Crippen LogP contribution in [0.5, 0.6) is 0 Å². The molecule has 3 rings (SSSR count). The van der Waals surface area contributed by atoms with Crippen LogP contribution in [0, 0.1) is 13.8 Å². The summed E-state index contributed by atoms with van der Waals surface area (Å²) in [6.07, 6.45) is 0. The molecule has 1 N–H and O–H groups in total.